The number of likely N-dealkylation sites (N-methyl/N-ethyl adjacent to an activating group) is 1. The number of benzene rings is 1. The second kappa shape index (κ2) is 8.66. The Morgan fingerprint density at radius 3 is 2.07 bits per heavy atom. The van der Waals surface area contributed by atoms with Crippen molar-refractivity contribution in [2.75, 3.05) is 69.2 Å². The Labute approximate surface area is 183 Å². The van der Waals surface area contributed by atoms with Crippen molar-refractivity contribution in [3.8, 4) is 0 Å². The summed E-state index contributed by atoms with van der Waals surface area (Å²) in [5, 5.41) is 0.465. The molecule has 4 rings (SSSR count). The molecule has 2 aliphatic rings. The number of sulfonamides is 1. The third-order valence-electron chi connectivity index (χ3n) is 5.86. The van der Waals surface area contributed by atoms with Crippen LogP contribution in [-0.4, -0.2) is 87.0 Å². The first-order valence-corrected chi connectivity index (χ1v) is 11.9. The first-order valence-electron chi connectivity index (χ1n) is 10.1. The van der Waals surface area contributed by atoms with E-state index in [-0.39, 0.29) is 4.90 Å². The fourth-order valence-electron chi connectivity index (χ4n) is 3.88. The maximum absolute atomic E-state index is 13.1. The highest BCUT2D eigenvalue weighted by atomic mass is 35.5. The molecule has 30 heavy (non-hydrogen) atoms. The SMILES string of the molecule is Cc1c(Cl)cccc1S(=O)(=O)N1CCN(c2cc(N3CCN(C)CC3)ncn2)CC1. The Morgan fingerprint density at radius 2 is 1.47 bits per heavy atom. The Balaban J connectivity index is 1.45. The van der Waals surface area contributed by atoms with Gasteiger partial charge in [0.25, 0.3) is 0 Å². The Kier molecular flexibility index (Phi) is 6.15. The minimum absolute atomic E-state index is 0.280. The van der Waals surface area contributed by atoms with Crippen LogP contribution in [0.1, 0.15) is 5.56 Å². The fourth-order valence-corrected chi connectivity index (χ4v) is 5.78. The zero-order chi connectivity index (χ0) is 21.3. The van der Waals surface area contributed by atoms with Crippen LogP contribution in [0.15, 0.2) is 35.5 Å². The van der Waals surface area contributed by atoms with Crippen LogP contribution in [0.3, 0.4) is 0 Å². The van der Waals surface area contributed by atoms with Crippen LogP contribution in [0, 0.1) is 6.92 Å². The van der Waals surface area contributed by atoms with Gasteiger partial charge in [-0.05, 0) is 31.7 Å². The summed E-state index contributed by atoms with van der Waals surface area (Å²) >= 11 is 6.14. The Hall–Kier alpha value is -1.94. The van der Waals surface area contributed by atoms with Crippen molar-refractivity contribution in [1.82, 2.24) is 19.2 Å². The van der Waals surface area contributed by atoms with E-state index in [2.05, 4.69) is 31.7 Å². The molecule has 0 atom stereocenters. The molecule has 1 aromatic carbocycles. The maximum atomic E-state index is 13.1. The summed E-state index contributed by atoms with van der Waals surface area (Å²) in [5.41, 5.74) is 0.592. The lowest BCUT2D eigenvalue weighted by Crippen LogP contribution is -2.49. The summed E-state index contributed by atoms with van der Waals surface area (Å²) in [6.07, 6.45) is 1.60. The smallest absolute Gasteiger partial charge is 0.243 e. The van der Waals surface area contributed by atoms with Crippen LogP contribution >= 0.6 is 11.6 Å². The van der Waals surface area contributed by atoms with Gasteiger partial charge in [0.1, 0.15) is 18.0 Å². The largest absolute Gasteiger partial charge is 0.354 e. The van der Waals surface area contributed by atoms with Crippen LogP contribution in [-0.2, 0) is 10.0 Å². The van der Waals surface area contributed by atoms with Gasteiger partial charge in [-0.1, -0.05) is 17.7 Å². The van der Waals surface area contributed by atoms with Gasteiger partial charge in [0.15, 0.2) is 0 Å². The molecule has 1 aromatic heterocycles. The van der Waals surface area contributed by atoms with Gasteiger partial charge in [-0.3, -0.25) is 0 Å². The molecule has 0 radical (unpaired) electrons. The van der Waals surface area contributed by atoms with Gasteiger partial charge in [-0.2, -0.15) is 4.31 Å². The summed E-state index contributed by atoms with van der Waals surface area (Å²) in [5.74, 6) is 1.77. The standard InChI is InChI=1S/C20H27ClN6O2S/c1-16-17(21)4-3-5-18(16)30(28,29)27-12-10-26(11-13-27)20-14-19(22-15-23-20)25-8-6-24(2)7-9-25/h3-5,14-15H,6-13H2,1-2H3. The number of anilines is 2. The Bertz CT molecular complexity index is 1000. The lowest BCUT2D eigenvalue weighted by molar-refractivity contribution is 0.312. The first kappa shape index (κ1) is 21.3. The predicted octanol–water partition coefficient (Wildman–Crippen LogP) is 1.70. The topological polar surface area (TPSA) is 72.9 Å². The summed E-state index contributed by atoms with van der Waals surface area (Å²) < 4.78 is 27.7. The molecule has 162 valence electrons. The molecule has 0 spiro atoms. The van der Waals surface area contributed by atoms with E-state index >= 15 is 0 Å². The van der Waals surface area contributed by atoms with E-state index in [1.165, 1.54) is 4.31 Å². The molecule has 2 aromatic rings. The van der Waals surface area contributed by atoms with Crippen LogP contribution in [0.25, 0.3) is 0 Å². The van der Waals surface area contributed by atoms with E-state index in [1.54, 1.807) is 31.5 Å². The molecule has 3 heterocycles. The summed E-state index contributed by atoms with van der Waals surface area (Å²) in [7, 11) is -1.45. The molecule has 0 aliphatic carbocycles. The number of hydrogen-bond acceptors (Lipinski definition) is 7. The normalized spacial score (nSPS) is 19.3. The van der Waals surface area contributed by atoms with Crippen molar-refractivity contribution in [2.24, 2.45) is 0 Å². The molecule has 0 N–H and O–H groups in total. The highest BCUT2D eigenvalue weighted by Gasteiger charge is 2.30. The molecule has 2 fully saturated rings. The molecule has 0 saturated carbocycles. The van der Waals surface area contributed by atoms with E-state index in [9.17, 15) is 8.42 Å². The van der Waals surface area contributed by atoms with E-state index in [0.717, 1.165) is 37.8 Å². The van der Waals surface area contributed by atoms with Gasteiger partial charge in [0, 0.05) is 63.4 Å². The third kappa shape index (κ3) is 4.25. The van der Waals surface area contributed by atoms with Crippen molar-refractivity contribution in [3.05, 3.63) is 41.2 Å². The van der Waals surface area contributed by atoms with E-state index < -0.39 is 10.0 Å². The zero-order valence-electron chi connectivity index (χ0n) is 17.3. The van der Waals surface area contributed by atoms with Crippen LogP contribution < -0.4 is 9.80 Å². The second-order valence-corrected chi connectivity index (χ2v) is 10.1. The van der Waals surface area contributed by atoms with Crippen molar-refractivity contribution in [1.29, 1.82) is 0 Å². The van der Waals surface area contributed by atoms with Crippen LogP contribution in [0.5, 0.6) is 0 Å². The minimum Gasteiger partial charge on any atom is -0.354 e. The lowest BCUT2D eigenvalue weighted by atomic mass is 10.2. The molecular formula is C20H27ClN6O2S. The highest BCUT2D eigenvalue weighted by molar-refractivity contribution is 7.89. The van der Waals surface area contributed by atoms with Crippen molar-refractivity contribution < 1.29 is 8.42 Å². The number of halogens is 1. The number of rotatable bonds is 4. The molecule has 2 saturated heterocycles. The Morgan fingerprint density at radius 1 is 0.900 bits per heavy atom. The maximum Gasteiger partial charge on any atom is 0.243 e. The van der Waals surface area contributed by atoms with Gasteiger partial charge in [0.2, 0.25) is 10.0 Å². The molecule has 0 bridgehead atoms. The summed E-state index contributed by atoms with van der Waals surface area (Å²) in [6, 6.07) is 7.02. The average Bonchev–Trinajstić information content (AvgIpc) is 2.76. The quantitative estimate of drug-likeness (QED) is 0.701. The fraction of sp³-hybridized carbons (Fsp3) is 0.500. The molecule has 8 nitrogen and oxygen atoms in total. The van der Waals surface area contributed by atoms with Crippen molar-refractivity contribution >= 4 is 33.3 Å². The number of nitrogens with zero attached hydrogens (tertiary/aromatic N) is 6. The average molecular weight is 451 g/mol. The summed E-state index contributed by atoms with van der Waals surface area (Å²) in [4.78, 5) is 15.9. The van der Waals surface area contributed by atoms with Gasteiger partial charge >= 0.3 is 0 Å². The molecule has 0 amide bonds. The monoisotopic (exact) mass is 450 g/mol. The summed E-state index contributed by atoms with van der Waals surface area (Å²) in [6.45, 7) is 7.63. The van der Waals surface area contributed by atoms with Crippen molar-refractivity contribution in [3.63, 3.8) is 0 Å². The predicted molar refractivity (Wildman–Crippen MR) is 119 cm³/mol. The number of hydrogen-bond donors (Lipinski definition) is 0. The van der Waals surface area contributed by atoms with E-state index in [1.807, 2.05) is 6.07 Å². The van der Waals surface area contributed by atoms with Gasteiger partial charge in [-0.25, -0.2) is 18.4 Å². The zero-order valence-corrected chi connectivity index (χ0v) is 18.9. The van der Waals surface area contributed by atoms with Crippen LogP contribution in [0.4, 0.5) is 11.6 Å². The number of aromatic nitrogens is 2. The van der Waals surface area contributed by atoms with Gasteiger partial charge in [-0.15, -0.1) is 0 Å². The molecule has 0 unspecified atom stereocenters. The van der Waals surface area contributed by atoms with E-state index in [0.29, 0.717) is 36.8 Å². The van der Waals surface area contributed by atoms with Gasteiger partial charge in [0.05, 0.1) is 4.90 Å². The van der Waals surface area contributed by atoms with Crippen molar-refractivity contribution in [2.45, 2.75) is 11.8 Å². The number of piperazine rings is 2. The van der Waals surface area contributed by atoms with E-state index in [4.69, 9.17) is 11.6 Å². The lowest BCUT2D eigenvalue weighted by Gasteiger charge is -2.36. The highest BCUT2D eigenvalue weighted by Crippen LogP contribution is 2.27. The first-order chi connectivity index (χ1) is 14.4. The van der Waals surface area contributed by atoms with Crippen LogP contribution in [0.2, 0.25) is 5.02 Å². The third-order valence-corrected chi connectivity index (χ3v) is 8.32. The minimum atomic E-state index is -3.57. The second-order valence-electron chi connectivity index (χ2n) is 7.78. The molecular weight excluding hydrogens is 424 g/mol. The molecule has 10 heteroatoms. The molecule has 2 aliphatic heterocycles. The van der Waals surface area contributed by atoms with Gasteiger partial charge < -0.3 is 14.7 Å².